The van der Waals surface area contributed by atoms with Crippen molar-refractivity contribution in [3.05, 3.63) is 35.4 Å². The monoisotopic (exact) mass is 252 g/mol. The molecule has 17 heavy (non-hydrogen) atoms. The number of anilines is 1. The number of sulfone groups is 1. The minimum absolute atomic E-state index is 0.0764. The fourth-order valence-electron chi connectivity index (χ4n) is 1.37. The van der Waals surface area contributed by atoms with E-state index in [4.69, 9.17) is 5.73 Å². The molecule has 1 aromatic carbocycles. The number of nitrogens with two attached hydrogens (primary N) is 1. The Balaban J connectivity index is 2.26. The molecule has 0 amide bonds. The zero-order chi connectivity index (χ0) is 12.5. The molecule has 3 N–H and O–H groups in total. The van der Waals surface area contributed by atoms with Gasteiger partial charge in [-0.2, -0.15) is 4.98 Å². The molecule has 0 radical (unpaired) electrons. The van der Waals surface area contributed by atoms with Crippen molar-refractivity contribution in [1.29, 1.82) is 0 Å². The highest BCUT2D eigenvalue weighted by molar-refractivity contribution is 7.90. The van der Waals surface area contributed by atoms with Crippen LogP contribution in [0.2, 0.25) is 0 Å². The van der Waals surface area contributed by atoms with Crippen LogP contribution in [-0.2, 0) is 15.6 Å². The molecule has 6 nitrogen and oxygen atoms in total. The SMILES string of the molecule is Cc1ccc(CS(=O)(=O)c2nc(N)n[nH]2)cc1. The van der Waals surface area contributed by atoms with Gasteiger partial charge in [0.25, 0.3) is 0 Å². The first kappa shape index (κ1) is 11.6. The third-order valence-corrected chi connectivity index (χ3v) is 3.74. The van der Waals surface area contributed by atoms with Crippen LogP contribution in [0.15, 0.2) is 29.4 Å². The smallest absolute Gasteiger partial charge is 0.245 e. The number of hydrogen-bond donors (Lipinski definition) is 2. The fourth-order valence-corrected chi connectivity index (χ4v) is 2.56. The van der Waals surface area contributed by atoms with Gasteiger partial charge in [0, 0.05) is 0 Å². The number of nitrogens with one attached hydrogen (secondary N) is 1. The number of rotatable bonds is 3. The van der Waals surface area contributed by atoms with Gasteiger partial charge in [-0.3, -0.25) is 0 Å². The standard InChI is InChI=1S/C10H12N4O2S/c1-7-2-4-8(5-3-7)6-17(15,16)10-12-9(11)13-14-10/h2-5H,6H2,1H3,(H3,11,12,13,14). The van der Waals surface area contributed by atoms with Crippen molar-refractivity contribution in [3.63, 3.8) is 0 Å². The van der Waals surface area contributed by atoms with Gasteiger partial charge in [0.15, 0.2) is 0 Å². The largest absolute Gasteiger partial charge is 0.366 e. The minimum Gasteiger partial charge on any atom is -0.366 e. The molecular formula is C10H12N4O2S. The Morgan fingerprint density at radius 2 is 1.94 bits per heavy atom. The van der Waals surface area contributed by atoms with E-state index in [0.717, 1.165) is 5.56 Å². The summed E-state index contributed by atoms with van der Waals surface area (Å²) < 4.78 is 23.8. The van der Waals surface area contributed by atoms with Crippen molar-refractivity contribution >= 4 is 15.8 Å². The highest BCUT2D eigenvalue weighted by Crippen LogP contribution is 2.13. The molecule has 2 aromatic rings. The number of nitrogen functional groups attached to an aromatic ring is 1. The van der Waals surface area contributed by atoms with Crippen molar-refractivity contribution in [1.82, 2.24) is 15.2 Å². The van der Waals surface area contributed by atoms with Gasteiger partial charge < -0.3 is 5.73 Å². The molecule has 0 fully saturated rings. The van der Waals surface area contributed by atoms with Crippen LogP contribution >= 0.6 is 0 Å². The Morgan fingerprint density at radius 1 is 1.29 bits per heavy atom. The molecule has 0 aliphatic heterocycles. The van der Waals surface area contributed by atoms with E-state index >= 15 is 0 Å². The Hall–Kier alpha value is -1.89. The molecule has 0 saturated heterocycles. The van der Waals surface area contributed by atoms with E-state index in [1.807, 2.05) is 19.1 Å². The van der Waals surface area contributed by atoms with Crippen LogP contribution in [0.25, 0.3) is 0 Å². The van der Waals surface area contributed by atoms with Crippen LogP contribution in [0.3, 0.4) is 0 Å². The van der Waals surface area contributed by atoms with Gasteiger partial charge in [-0.15, -0.1) is 5.10 Å². The number of H-pyrrole nitrogens is 1. The van der Waals surface area contributed by atoms with Gasteiger partial charge in [-0.1, -0.05) is 29.8 Å². The second kappa shape index (κ2) is 4.17. The van der Waals surface area contributed by atoms with Crippen LogP contribution in [0.5, 0.6) is 0 Å². The number of aromatic amines is 1. The molecule has 0 aliphatic rings. The predicted molar refractivity (Wildman–Crippen MR) is 62.9 cm³/mol. The summed E-state index contributed by atoms with van der Waals surface area (Å²) in [5, 5.41) is 5.61. The Kier molecular flexibility index (Phi) is 2.84. The molecule has 7 heteroatoms. The quantitative estimate of drug-likeness (QED) is 0.835. The average Bonchev–Trinajstić information content (AvgIpc) is 2.69. The zero-order valence-corrected chi connectivity index (χ0v) is 10.0. The minimum atomic E-state index is -3.51. The maximum Gasteiger partial charge on any atom is 0.245 e. The van der Waals surface area contributed by atoms with Crippen LogP contribution in [0.1, 0.15) is 11.1 Å². The zero-order valence-electron chi connectivity index (χ0n) is 9.21. The molecule has 90 valence electrons. The molecule has 0 atom stereocenters. The third kappa shape index (κ3) is 2.62. The van der Waals surface area contributed by atoms with E-state index in [0.29, 0.717) is 5.56 Å². The predicted octanol–water partition coefficient (Wildman–Crippen LogP) is 0.669. The summed E-state index contributed by atoms with van der Waals surface area (Å²) in [7, 11) is -3.51. The van der Waals surface area contributed by atoms with Crippen LogP contribution in [-0.4, -0.2) is 23.6 Å². The van der Waals surface area contributed by atoms with E-state index in [9.17, 15) is 8.42 Å². The van der Waals surface area contributed by atoms with Crippen LogP contribution in [0.4, 0.5) is 5.95 Å². The van der Waals surface area contributed by atoms with Crippen molar-refractivity contribution in [3.8, 4) is 0 Å². The van der Waals surface area contributed by atoms with Gasteiger partial charge in [-0.05, 0) is 12.5 Å². The number of benzene rings is 1. The van der Waals surface area contributed by atoms with Crippen molar-refractivity contribution < 1.29 is 8.42 Å². The summed E-state index contributed by atoms with van der Waals surface area (Å²) in [6, 6.07) is 7.26. The molecule has 1 aromatic heterocycles. The van der Waals surface area contributed by atoms with E-state index < -0.39 is 9.84 Å². The van der Waals surface area contributed by atoms with E-state index in [2.05, 4.69) is 15.2 Å². The maximum absolute atomic E-state index is 11.9. The normalized spacial score (nSPS) is 11.6. The number of aromatic nitrogens is 3. The molecule has 0 saturated carbocycles. The second-order valence-corrected chi connectivity index (χ2v) is 5.65. The molecule has 0 spiro atoms. The van der Waals surface area contributed by atoms with Gasteiger partial charge in [0.1, 0.15) is 0 Å². The fraction of sp³-hybridized carbons (Fsp3) is 0.200. The molecule has 0 unspecified atom stereocenters. The van der Waals surface area contributed by atoms with Gasteiger partial charge in [0.05, 0.1) is 5.75 Å². The van der Waals surface area contributed by atoms with Crippen molar-refractivity contribution in [2.45, 2.75) is 17.8 Å². The van der Waals surface area contributed by atoms with E-state index in [1.54, 1.807) is 12.1 Å². The lowest BCUT2D eigenvalue weighted by Gasteiger charge is -2.01. The van der Waals surface area contributed by atoms with E-state index in [-0.39, 0.29) is 16.9 Å². The number of aryl methyl sites for hydroxylation is 1. The number of nitrogens with zero attached hydrogens (tertiary/aromatic N) is 2. The first-order valence-corrected chi connectivity index (χ1v) is 6.59. The second-order valence-electron chi connectivity index (χ2n) is 3.74. The average molecular weight is 252 g/mol. The maximum atomic E-state index is 11.9. The van der Waals surface area contributed by atoms with Gasteiger partial charge in [0.2, 0.25) is 20.9 Å². The lowest BCUT2D eigenvalue weighted by atomic mass is 10.2. The summed E-state index contributed by atoms with van der Waals surface area (Å²) in [6.07, 6.45) is 0. The molecule has 0 aliphatic carbocycles. The number of hydrogen-bond acceptors (Lipinski definition) is 5. The molecule has 1 heterocycles. The summed E-state index contributed by atoms with van der Waals surface area (Å²) in [5.74, 6) is -0.200. The topological polar surface area (TPSA) is 102 Å². The summed E-state index contributed by atoms with van der Waals surface area (Å²) in [4.78, 5) is 3.62. The first-order chi connectivity index (χ1) is 7.97. The van der Waals surface area contributed by atoms with Crippen molar-refractivity contribution in [2.75, 3.05) is 5.73 Å². The van der Waals surface area contributed by atoms with Gasteiger partial charge in [-0.25, -0.2) is 13.5 Å². The van der Waals surface area contributed by atoms with Gasteiger partial charge >= 0.3 is 0 Å². The lowest BCUT2D eigenvalue weighted by molar-refractivity contribution is 0.587. The Morgan fingerprint density at radius 3 is 2.47 bits per heavy atom. The summed E-state index contributed by atoms with van der Waals surface area (Å²) >= 11 is 0. The van der Waals surface area contributed by atoms with Crippen LogP contribution in [0, 0.1) is 6.92 Å². The lowest BCUT2D eigenvalue weighted by Crippen LogP contribution is -2.07. The Bertz CT molecular complexity index is 616. The summed E-state index contributed by atoms with van der Waals surface area (Å²) in [5.41, 5.74) is 7.05. The Labute approximate surface area is 98.8 Å². The van der Waals surface area contributed by atoms with Crippen LogP contribution < -0.4 is 5.73 Å². The molecule has 0 bridgehead atoms. The third-order valence-electron chi connectivity index (χ3n) is 2.25. The molecular weight excluding hydrogens is 240 g/mol. The first-order valence-electron chi connectivity index (χ1n) is 4.93. The van der Waals surface area contributed by atoms with Crippen molar-refractivity contribution in [2.24, 2.45) is 0 Å². The summed E-state index contributed by atoms with van der Waals surface area (Å²) in [6.45, 7) is 1.94. The highest BCUT2D eigenvalue weighted by atomic mass is 32.2. The van der Waals surface area contributed by atoms with E-state index in [1.165, 1.54) is 0 Å². The molecule has 2 rings (SSSR count). The highest BCUT2D eigenvalue weighted by Gasteiger charge is 2.19.